The first-order valence-corrected chi connectivity index (χ1v) is 8.28. The zero-order valence-corrected chi connectivity index (χ0v) is 12.7. The van der Waals surface area contributed by atoms with Crippen molar-refractivity contribution in [2.24, 2.45) is 5.41 Å². The summed E-state index contributed by atoms with van der Waals surface area (Å²) >= 11 is 0. The molecule has 0 bridgehead atoms. The summed E-state index contributed by atoms with van der Waals surface area (Å²) in [5.74, 6) is 0. The minimum Gasteiger partial charge on any atom is -0.396 e. The van der Waals surface area contributed by atoms with E-state index < -0.39 is 10.0 Å². The summed E-state index contributed by atoms with van der Waals surface area (Å²) in [6.07, 6.45) is 1.85. The van der Waals surface area contributed by atoms with Crippen molar-refractivity contribution < 1.29 is 13.5 Å². The zero-order valence-electron chi connectivity index (χ0n) is 11.9. The van der Waals surface area contributed by atoms with Crippen molar-refractivity contribution in [2.45, 2.75) is 37.6 Å². The molecule has 1 aromatic carbocycles. The third-order valence-corrected chi connectivity index (χ3v) is 4.80. The summed E-state index contributed by atoms with van der Waals surface area (Å²) in [7, 11) is -3.38. The molecule has 3 N–H and O–H groups in total. The second kappa shape index (κ2) is 5.71. The van der Waals surface area contributed by atoms with Crippen molar-refractivity contribution in [1.29, 1.82) is 0 Å². The molecule has 6 heteroatoms. The number of aliphatic hydroxyl groups is 1. The molecule has 0 heterocycles. The fraction of sp³-hybridized carbons (Fsp3) is 0.571. The van der Waals surface area contributed by atoms with Crippen molar-refractivity contribution in [3.8, 4) is 0 Å². The molecular weight excluding hydrogens is 276 g/mol. The topological polar surface area (TPSA) is 78.4 Å². The molecule has 1 aliphatic rings. The van der Waals surface area contributed by atoms with Crippen LogP contribution in [0, 0.1) is 5.41 Å². The molecule has 1 saturated carbocycles. The van der Waals surface area contributed by atoms with Crippen LogP contribution < -0.4 is 10.0 Å². The molecule has 1 aliphatic carbocycles. The van der Waals surface area contributed by atoms with Crippen molar-refractivity contribution in [3.63, 3.8) is 0 Å². The lowest BCUT2D eigenvalue weighted by Crippen LogP contribution is -2.27. The Kier molecular flexibility index (Phi) is 4.36. The van der Waals surface area contributed by atoms with Gasteiger partial charge in [-0.2, -0.15) is 0 Å². The van der Waals surface area contributed by atoms with Crippen LogP contribution in [-0.2, 0) is 10.0 Å². The highest BCUT2D eigenvalue weighted by Crippen LogP contribution is 2.23. The van der Waals surface area contributed by atoms with Crippen LogP contribution in [-0.4, -0.2) is 32.7 Å². The first-order chi connectivity index (χ1) is 9.32. The molecule has 0 saturated heterocycles. The van der Waals surface area contributed by atoms with Crippen LogP contribution in [0.2, 0.25) is 0 Å². The van der Waals surface area contributed by atoms with Crippen molar-refractivity contribution in [1.82, 2.24) is 4.72 Å². The van der Waals surface area contributed by atoms with E-state index in [1.807, 2.05) is 13.8 Å². The van der Waals surface area contributed by atoms with Crippen LogP contribution in [0.3, 0.4) is 0 Å². The van der Waals surface area contributed by atoms with Gasteiger partial charge < -0.3 is 10.4 Å². The molecule has 0 atom stereocenters. The van der Waals surface area contributed by atoms with Crippen molar-refractivity contribution in [2.75, 3.05) is 18.5 Å². The Hall–Kier alpha value is -1.11. The predicted molar refractivity (Wildman–Crippen MR) is 79.1 cm³/mol. The number of nitrogens with one attached hydrogen (secondary N) is 2. The standard InChI is InChI=1S/C14H22N2O3S/c1-14(2,10-17)9-15-11-5-7-13(8-6-11)20(18,19)16-12-3-4-12/h5-8,12,15-17H,3-4,9-10H2,1-2H3. The first kappa shape index (κ1) is 15.3. The Morgan fingerprint density at radius 2 is 1.85 bits per heavy atom. The van der Waals surface area contributed by atoms with Gasteiger partial charge in [-0.3, -0.25) is 0 Å². The van der Waals surface area contributed by atoms with Crippen LogP contribution in [0.25, 0.3) is 0 Å². The number of rotatable bonds is 7. The maximum atomic E-state index is 12.0. The van der Waals surface area contributed by atoms with Gasteiger partial charge in [0.05, 0.1) is 4.90 Å². The van der Waals surface area contributed by atoms with E-state index in [0.29, 0.717) is 6.54 Å². The van der Waals surface area contributed by atoms with E-state index in [9.17, 15) is 13.5 Å². The van der Waals surface area contributed by atoms with Gasteiger partial charge in [0.2, 0.25) is 10.0 Å². The molecule has 0 aromatic heterocycles. The van der Waals surface area contributed by atoms with E-state index >= 15 is 0 Å². The average molecular weight is 298 g/mol. The number of aliphatic hydroxyl groups excluding tert-OH is 1. The van der Waals surface area contributed by atoms with Gasteiger partial charge in [0.1, 0.15) is 0 Å². The molecule has 20 heavy (non-hydrogen) atoms. The van der Waals surface area contributed by atoms with Gasteiger partial charge in [-0.05, 0) is 37.1 Å². The van der Waals surface area contributed by atoms with Crippen molar-refractivity contribution >= 4 is 15.7 Å². The summed E-state index contributed by atoms with van der Waals surface area (Å²) in [6, 6.07) is 6.80. The second-order valence-electron chi connectivity index (χ2n) is 6.10. The Labute approximate surface area is 120 Å². The minimum atomic E-state index is -3.38. The highest BCUT2D eigenvalue weighted by atomic mass is 32.2. The van der Waals surface area contributed by atoms with Crippen LogP contribution in [0.4, 0.5) is 5.69 Å². The summed E-state index contributed by atoms with van der Waals surface area (Å²) in [5.41, 5.74) is 0.634. The Balaban J connectivity index is 1.99. The largest absolute Gasteiger partial charge is 0.396 e. The number of anilines is 1. The lowest BCUT2D eigenvalue weighted by Gasteiger charge is -2.22. The third-order valence-electron chi connectivity index (χ3n) is 3.26. The Morgan fingerprint density at radius 1 is 1.25 bits per heavy atom. The average Bonchev–Trinajstić information content (AvgIpc) is 3.20. The maximum Gasteiger partial charge on any atom is 0.240 e. The predicted octanol–water partition coefficient (Wildman–Crippen LogP) is 1.56. The molecule has 0 radical (unpaired) electrons. The fourth-order valence-corrected chi connectivity index (χ4v) is 2.94. The number of benzene rings is 1. The van der Waals surface area contributed by atoms with Crippen molar-refractivity contribution in [3.05, 3.63) is 24.3 Å². The normalized spacial score (nSPS) is 16.1. The molecule has 0 amide bonds. The van der Waals surface area contributed by atoms with Crippen LogP contribution >= 0.6 is 0 Å². The Bertz CT molecular complexity index is 548. The van der Waals surface area contributed by atoms with Gasteiger partial charge in [0.15, 0.2) is 0 Å². The molecule has 1 aromatic rings. The third kappa shape index (κ3) is 4.19. The molecule has 2 rings (SSSR count). The molecule has 0 aliphatic heterocycles. The van der Waals surface area contributed by atoms with E-state index in [1.165, 1.54) is 0 Å². The van der Waals surface area contributed by atoms with E-state index in [0.717, 1.165) is 18.5 Å². The molecule has 5 nitrogen and oxygen atoms in total. The van der Waals surface area contributed by atoms with Gasteiger partial charge in [0.25, 0.3) is 0 Å². The smallest absolute Gasteiger partial charge is 0.240 e. The lowest BCUT2D eigenvalue weighted by molar-refractivity contribution is 0.171. The van der Waals surface area contributed by atoms with E-state index in [2.05, 4.69) is 10.0 Å². The first-order valence-electron chi connectivity index (χ1n) is 6.80. The molecule has 0 unspecified atom stereocenters. The molecular formula is C14H22N2O3S. The monoisotopic (exact) mass is 298 g/mol. The van der Waals surface area contributed by atoms with Gasteiger partial charge in [-0.1, -0.05) is 13.8 Å². The van der Waals surface area contributed by atoms with Crippen LogP contribution in [0.15, 0.2) is 29.2 Å². The summed E-state index contributed by atoms with van der Waals surface area (Å²) in [5, 5.41) is 12.4. The number of hydrogen-bond acceptors (Lipinski definition) is 4. The number of sulfonamides is 1. The van der Waals surface area contributed by atoms with E-state index in [1.54, 1.807) is 24.3 Å². The summed E-state index contributed by atoms with van der Waals surface area (Å²) < 4.78 is 26.6. The SMILES string of the molecule is CC(C)(CO)CNc1ccc(S(=O)(=O)NC2CC2)cc1. The van der Waals surface area contributed by atoms with E-state index in [4.69, 9.17) is 0 Å². The second-order valence-corrected chi connectivity index (χ2v) is 7.81. The van der Waals surface area contributed by atoms with Gasteiger partial charge in [-0.15, -0.1) is 0 Å². The maximum absolute atomic E-state index is 12.0. The minimum absolute atomic E-state index is 0.0950. The highest BCUT2D eigenvalue weighted by molar-refractivity contribution is 7.89. The lowest BCUT2D eigenvalue weighted by atomic mass is 9.95. The van der Waals surface area contributed by atoms with Gasteiger partial charge in [0, 0.05) is 30.3 Å². The molecule has 1 fully saturated rings. The zero-order chi connectivity index (χ0) is 14.8. The summed E-state index contributed by atoms with van der Waals surface area (Å²) in [4.78, 5) is 0.288. The number of hydrogen-bond donors (Lipinski definition) is 3. The van der Waals surface area contributed by atoms with Gasteiger partial charge >= 0.3 is 0 Å². The fourth-order valence-electron chi connectivity index (χ4n) is 1.64. The van der Waals surface area contributed by atoms with E-state index in [-0.39, 0.29) is 23.0 Å². The Morgan fingerprint density at radius 3 is 2.35 bits per heavy atom. The molecule has 0 spiro atoms. The van der Waals surface area contributed by atoms with Gasteiger partial charge in [-0.25, -0.2) is 13.1 Å². The quantitative estimate of drug-likeness (QED) is 0.714. The molecule has 112 valence electrons. The highest BCUT2D eigenvalue weighted by Gasteiger charge is 2.27. The van der Waals surface area contributed by atoms with Crippen LogP contribution in [0.1, 0.15) is 26.7 Å². The van der Waals surface area contributed by atoms with Crippen LogP contribution in [0.5, 0.6) is 0 Å². The summed E-state index contributed by atoms with van der Waals surface area (Å²) in [6.45, 7) is 4.63.